The van der Waals surface area contributed by atoms with Crippen molar-refractivity contribution in [2.75, 3.05) is 20.1 Å². The van der Waals surface area contributed by atoms with Gasteiger partial charge in [0.15, 0.2) is 5.65 Å². The molecule has 0 radical (unpaired) electrons. The monoisotopic (exact) mass is 245 g/mol. The summed E-state index contributed by atoms with van der Waals surface area (Å²) >= 11 is 0. The number of nitrogens with two attached hydrogens (primary N) is 1. The minimum atomic E-state index is 0.254. The lowest BCUT2D eigenvalue weighted by Gasteiger charge is -2.33. The Balaban J connectivity index is 1.93. The van der Waals surface area contributed by atoms with Crippen molar-refractivity contribution in [3.63, 3.8) is 0 Å². The van der Waals surface area contributed by atoms with E-state index in [0.717, 1.165) is 30.9 Å². The van der Waals surface area contributed by atoms with Crippen molar-refractivity contribution in [3.8, 4) is 0 Å². The third-order valence-electron chi connectivity index (χ3n) is 3.59. The standard InChI is InChI=1S/C13H19N5/c1-9-3-13-15-5-11(7-18(13)16-9)10-4-12(14)8-17(2)6-10/h3,5,7,10,12H,4,6,8,14H2,1-2H3. The first-order valence-corrected chi connectivity index (χ1v) is 6.38. The van der Waals surface area contributed by atoms with Gasteiger partial charge in [0, 0.05) is 43.5 Å². The summed E-state index contributed by atoms with van der Waals surface area (Å²) in [6.45, 7) is 4.01. The van der Waals surface area contributed by atoms with Crippen LogP contribution in [0.4, 0.5) is 0 Å². The van der Waals surface area contributed by atoms with Crippen LogP contribution in [-0.4, -0.2) is 45.7 Å². The molecule has 1 saturated heterocycles. The molecule has 0 aliphatic carbocycles. The molecule has 18 heavy (non-hydrogen) atoms. The third kappa shape index (κ3) is 2.11. The normalized spacial score (nSPS) is 25.7. The van der Waals surface area contributed by atoms with E-state index in [1.807, 2.05) is 23.7 Å². The summed E-state index contributed by atoms with van der Waals surface area (Å²) in [5, 5.41) is 4.42. The fourth-order valence-electron chi connectivity index (χ4n) is 2.83. The Hall–Kier alpha value is -1.46. The molecule has 1 fully saturated rings. The molecule has 0 aromatic carbocycles. The third-order valence-corrected chi connectivity index (χ3v) is 3.59. The molecule has 1 aliphatic heterocycles. The minimum Gasteiger partial charge on any atom is -0.327 e. The van der Waals surface area contributed by atoms with Gasteiger partial charge in [-0.1, -0.05) is 0 Å². The summed E-state index contributed by atoms with van der Waals surface area (Å²) in [5.41, 5.74) is 9.22. The van der Waals surface area contributed by atoms with Crippen LogP contribution in [0.25, 0.3) is 5.65 Å². The molecule has 0 spiro atoms. The van der Waals surface area contributed by atoms with Crippen LogP contribution < -0.4 is 5.73 Å². The van der Waals surface area contributed by atoms with Crippen LogP contribution in [-0.2, 0) is 0 Å². The van der Waals surface area contributed by atoms with E-state index in [1.165, 1.54) is 5.56 Å². The van der Waals surface area contributed by atoms with Gasteiger partial charge in [-0.3, -0.25) is 0 Å². The minimum absolute atomic E-state index is 0.254. The average molecular weight is 245 g/mol. The van der Waals surface area contributed by atoms with Gasteiger partial charge in [-0.15, -0.1) is 0 Å². The molecule has 2 N–H and O–H groups in total. The number of nitrogens with zero attached hydrogens (tertiary/aromatic N) is 4. The molecule has 0 saturated carbocycles. The van der Waals surface area contributed by atoms with Crippen LogP contribution in [0.15, 0.2) is 18.5 Å². The molecule has 2 unspecified atom stereocenters. The highest BCUT2D eigenvalue weighted by Crippen LogP contribution is 2.25. The second-order valence-electron chi connectivity index (χ2n) is 5.39. The molecule has 2 aromatic heterocycles. The van der Waals surface area contributed by atoms with E-state index in [0.29, 0.717) is 5.92 Å². The summed E-state index contributed by atoms with van der Waals surface area (Å²) in [6, 6.07) is 2.24. The fraction of sp³-hybridized carbons (Fsp3) is 0.538. The number of likely N-dealkylation sites (N-methyl/N-ethyl adjacent to an activating group) is 1. The molecule has 5 heteroatoms. The first-order chi connectivity index (χ1) is 8.61. The number of hydrogen-bond donors (Lipinski definition) is 1. The number of aromatic nitrogens is 3. The molecule has 0 amide bonds. The van der Waals surface area contributed by atoms with Gasteiger partial charge in [-0.2, -0.15) is 5.10 Å². The second-order valence-corrected chi connectivity index (χ2v) is 5.39. The number of hydrogen-bond acceptors (Lipinski definition) is 4. The Morgan fingerprint density at radius 2 is 2.22 bits per heavy atom. The maximum absolute atomic E-state index is 6.09. The average Bonchev–Trinajstić information content (AvgIpc) is 2.66. The van der Waals surface area contributed by atoms with E-state index in [4.69, 9.17) is 5.73 Å². The van der Waals surface area contributed by atoms with Gasteiger partial charge >= 0.3 is 0 Å². The highest BCUT2D eigenvalue weighted by molar-refractivity contribution is 5.39. The van der Waals surface area contributed by atoms with Crippen LogP contribution in [0.2, 0.25) is 0 Å². The topological polar surface area (TPSA) is 59.5 Å². The summed E-state index contributed by atoms with van der Waals surface area (Å²) in [4.78, 5) is 6.76. The largest absolute Gasteiger partial charge is 0.327 e. The van der Waals surface area contributed by atoms with Crippen LogP contribution in [0.1, 0.15) is 23.6 Å². The number of aryl methyl sites for hydroxylation is 1. The van der Waals surface area contributed by atoms with Gasteiger partial charge < -0.3 is 10.6 Å². The molecular formula is C13H19N5. The Labute approximate surface area is 107 Å². The lowest BCUT2D eigenvalue weighted by molar-refractivity contribution is 0.226. The van der Waals surface area contributed by atoms with E-state index in [1.54, 1.807) is 0 Å². The number of piperidine rings is 1. The molecule has 0 bridgehead atoms. The van der Waals surface area contributed by atoms with Crippen molar-refractivity contribution >= 4 is 5.65 Å². The van der Waals surface area contributed by atoms with Gasteiger partial charge in [-0.05, 0) is 26.0 Å². The van der Waals surface area contributed by atoms with Gasteiger partial charge in [0.2, 0.25) is 0 Å². The first kappa shape index (κ1) is 11.6. The van der Waals surface area contributed by atoms with Crippen LogP contribution >= 0.6 is 0 Å². The highest BCUT2D eigenvalue weighted by atomic mass is 15.2. The van der Waals surface area contributed by atoms with Crippen molar-refractivity contribution in [2.24, 2.45) is 5.73 Å². The van der Waals surface area contributed by atoms with Crippen molar-refractivity contribution in [1.29, 1.82) is 0 Å². The molecule has 1 aliphatic rings. The predicted octanol–water partition coefficient (Wildman–Crippen LogP) is 0.784. The summed E-state index contributed by atoms with van der Waals surface area (Å²) in [7, 11) is 2.12. The molecule has 5 nitrogen and oxygen atoms in total. The molecule has 3 rings (SSSR count). The zero-order valence-electron chi connectivity index (χ0n) is 10.9. The lowest BCUT2D eigenvalue weighted by Crippen LogP contribution is -2.44. The number of likely N-dealkylation sites (tertiary alicyclic amines) is 1. The van der Waals surface area contributed by atoms with Gasteiger partial charge in [0.25, 0.3) is 0 Å². The van der Waals surface area contributed by atoms with Gasteiger partial charge in [-0.25, -0.2) is 9.50 Å². The summed E-state index contributed by atoms with van der Waals surface area (Å²) in [6.07, 6.45) is 5.08. The van der Waals surface area contributed by atoms with Gasteiger partial charge in [0.1, 0.15) is 0 Å². The molecular weight excluding hydrogens is 226 g/mol. The predicted molar refractivity (Wildman–Crippen MR) is 70.6 cm³/mol. The maximum Gasteiger partial charge on any atom is 0.155 e. The molecule has 2 aromatic rings. The fourth-order valence-corrected chi connectivity index (χ4v) is 2.83. The van der Waals surface area contributed by atoms with Gasteiger partial charge in [0.05, 0.1) is 5.69 Å². The van der Waals surface area contributed by atoms with Crippen molar-refractivity contribution in [3.05, 3.63) is 29.7 Å². The van der Waals surface area contributed by atoms with E-state index < -0.39 is 0 Å². The second kappa shape index (κ2) is 4.33. The first-order valence-electron chi connectivity index (χ1n) is 6.38. The van der Waals surface area contributed by atoms with E-state index in [9.17, 15) is 0 Å². The van der Waals surface area contributed by atoms with Crippen LogP contribution in [0.5, 0.6) is 0 Å². The quantitative estimate of drug-likeness (QED) is 0.806. The van der Waals surface area contributed by atoms with E-state index in [2.05, 4.69) is 28.2 Å². The van der Waals surface area contributed by atoms with E-state index in [-0.39, 0.29) is 6.04 Å². The van der Waals surface area contributed by atoms with E-state index >= 15 is 0 Å². The Kier molecular flexibility index (Phi) is 2.80. The van der Waals surface area contributed by atoms with Crippen molar-refractivity contribution in [1.82, 2.24) is 19.5 Å². The van der Waals surface area contributed by atoms with Crippen molar-refractivity contribution < 1.29 is 0 Å². The Bertz CT molecular complexity index is 552. The van der Waals surface area contributed by atoms with Crippen LogP contribution in [0.3, 0.4) is 0 Å². The Morgan fingerprint density at radius 1 is 1.39 bits per heavy atom. The molecule has 3 heterocycles. The smallest absolute Gasteiger partial charge is 0.155 e. The zero-order valence-corrected chi connectivity index (χ0v) is 10.9. The number of fused-ring (bicyclic) bond motifs is 1. The SMILES string of the molecule is Cc1cc2ncc(C3CC(N)CN(C)C3)cn2n1. The molecule has 96 valence electrons. The number of rotatable bonds is 1. The lowest BCUT2D eigenvalue weighted by atomic mass is 9.90. The van der Waals surface area contributed by atoms with Crippen LogP contribution in [0, 0.1) is 6.92 Å². The summed E-state index contributed by atoms with van der Waals surface area (Å²) in [5.74, 6) is 0.458. The maximum atomic E-state index is 6.09. The zero-order chi connectivity index (χ0) is 12.7. The Morgan fingerprint density at radius 3 is 3.00 bits per heavy atom. The highest BCUT2D eigenvalue weighted by Gasteiger charge is 2.24. The van der Waals surface area contributed by atoms with Crippen molar-refractivity contribution in [2.45, 2.75) is 25.3 Å². The summed E-state index contributed by atoms with van der Waals surface area (Å²) < 4.78 is 1.87. The molecule has 2 atom stereocenters.